The first kappa shape index (κ1) is 23.3. The van der Waals surface area contributed by atoms with Gasteiger partial charge in [0, 0.05) is 38.1 Å². The average molecular weight is 476 g/mol. The molecule has 2 aromatic carbocycles. The van der Waals surface area contributed by atoms with E-state index in [1.54, 1.807) is 28.4 Å². The summed E-state index contributed by atoms with van der Waals surface area (Å²) in [6, 6.07) is 12.4. The Labute approximate surface area is 194 Å². The van der Waals surface area contributed by atoms with E-state index in [9.17, 15) is 18.0 Å². The van der Waals surface area contributed by atoms with Crippen molar-refractivity contribution in [1.82, 2.24) is 14.8 Å². The molecule has 0 aliphatic carbocycles. The van der Waals surface area contributed by atoms with Crippen LogP contribution in [0.15, 0.2) is 53.9 Å². The van der Waals surface area contributed by atoms with Crippen molar-refractivity contribution in [3.63, 3.8) is 0 Å². The molecule has 174 valence electrons. The van der Waals surface area contributed by atoms with Gasteiger partial charge in [-0.05, 0) is 36.8 Å². The minimum Gasteiger partial charge on any atom is -0.486 e. The van der Waals surface area contributed by atoms with E-state index in [0.717, 1.165) is 28.4 Å². The lowest BCUT2D eigenvalue weighted by Crippen LogP contribution is -2.48. The summed E-state index contributed by atoms with van der Waals surface area (Å²) in [5.74, 6) is 0.439. The zero-order valence-corrected chi connectivity index (χ0v) is 19.0. The Morgan fingerprint density at radius 2 is 1.76 bits per heavy atom. The molecule has 9 heteroatoms. The van der Waals surface area contributed by atoms with Crippen LogP contribution in [0.2, 0.25) is 0 Å². The molecule has 1 aliphatic heterocycles. The van der Waals surface area contributed by atoms with Gasteiger partial charge in [-0.15, -0.1) is 11.3 Å². The summed E-state index contributed by atoms with van der Waals surface area (Å²) in [6.45, 7) is 5.16. The molecule has 2 heterocycles. The number of para-hydroxylation sites is 1. The van der Waals surface area contributed by atoms with E-state index in [-0.39, 0.29) is 5.91 Å². The number of piperazine rings is 1. The predicted octanol–water partition coefficient (Wildman–Crippen LogP) is 5.01. The summed E-state index contributed by atoms with van der Waals surface area (Å²) in [7, 11) is 0. The molecule has 1 aliphatic rings. The van der Waals surface area contributed by atoms with Gasteiger partial charge in [0.05, 0.1) is 21.8 Å². The summed E-state index contributed by atoms with van der Waals surface area (Å²) >= 11 is 1.55. The molecule has 1 amide bonds. The molecule has 1 fully saturated rings. The van der Waals surface area contributed by atoms with Gasteiger partial charge < -0.3 is 9.64 Å². The highest BCUT2D eigenvalue weighted by atomic mass is 32.1. The van der Waals surface area contributed by atoms with Crippen LogP contribution in [0.25, 0.3) is 0 Å². The first-order valence-electron chi connectivity index (χ1n) is 10.6. The van der Waals surface area contributed by atoms with E-state index in [1.807, 2.05) is 24.4 Å². The number of benzene rings is 2. The summed E-state index contributed by atoms with van der Waals surface area (Å²) in [5.41, 5.74) is 1.52. The highest BCUT2D eigenvalue weighted by molar-refractivity contribution is 7.09. The Balaban J connectivity index is 1.33. The molecule has 0 bridgehead atoms. The maximum atomic E-state index is 13.1. The molecule has 1 aromatic heterocycles. The Morgan fingerprint density at radius 1 is 1.06 bits per heavy atom. The standard InChI is InChI=1S/C24H24F3N3O2S/c1-17-28-20(16-33-17)15-32-22-5-3-2-4-21(22)23(31)30-12-10-29(11-13-30)14-18-6-8-19(9-7-18)24(25,26)27/h2-9,16H,10-15H2,1H3. The largest absolute Gasteiger partial charge is 0.486 e. The molecule has 0 spiro atoms. The number of carbonyl (C=O) groups excluding carboxylic acids is 1. The number of hydrogen-bond donors (Lipinski definition) is 0. The lowest BCUT2D eigenvalue weighted by Gasteiger charge is -2.35. The minimum absolute atomic E-state index is 0.0887. The normalized spacial score (nSPS) is 15.0. The third-order valence-corrected chi connectivity index (χ3v) is 6.33. The molecular formula is C24H24F3N3O2S. The lowest BCUT2D eigenvalue weighted by atomic mass is 10.1. The van der Waals surface area contributed by atoms with Crippen molar-refractivity contribution in [2.75, 3.05) is 26.2 Å². The van der Waals surface area contributed by atoms with Crippen LogP contribution in [0, 0.1) is 6.92 Å². The zero-order valence-electron chi connectivity index (χ0n) is 18.1. The number of carbonyl (C=O) groups is 1. The molecule has 0 unspecified atom stereocenters. The van der Waals surface area contributed by atoms with Gasteiger partial charge in [0.15, 0.2) is 0 Å². The molecule has 0 atom stereocenters. The third kappa shape index (κ3) is 5.91. The number of hydrogen-bond acceptors (Lipinski definition) is 5. The minimum atomic E-state index is -4.33. The number of ether oxygens (including phenoxy) is 1. The number of amides is 1. The summed E-state index contributed by atoms with van der Waals surface area (Å²) in [4.78, 5) is 21.5. The second-order valence-corrected chi connectivity index (χ2v) is 8.97. The van der Waals surface area contributed by atoms with Gasteiger partial charge in [0.25, 0.3) is 5.91 Å². The Morgan fingerprint density at radius 3 is 2.39 bits per heavy atom. The molecule has 33 heavy (non-hydrogen) atoms. The molecule has 0 N–H and O–H groups in total. The topological polar surface area (TPSA) is 45.7 Å². The number of thiazole rings is 1. The third-order valence-electron chi connectivity index (χ3n) is 5.51. The van der Waals surface area contributed by atoms with Gasteiger partial charge in [-0.3, -0.25) is 9.69 Å². The zero-order chi connectivity index (χ0) is 23.4. The monoisotopic (exact) mass is 475 g/mol. The molecule has 3 aromatic rings. The molecule has 0 saturated carbocycles. The predicted molar refractivity (Wildman–Crippen MR) is 120 cm³/mol. The van der Waals surface area contributed by atoms with E-state index in [1.165, 1.54) is 12.1 Å². The fourth-order valence-electron chi connectivity index (χ4n) is 3.73. The van der Waals surface area contributed by atoms with Crippen LogP contribution >= 0.6 is 11.3 Å². The van der Waals surface area contributed by atoms with Crippen LogP contribution in [0.1, 0.15) is 32.2 Å². The van der Waals surface area contributed by atoms with Crippen molar-refractivity contribution in [3.05, 3.63) is 81.3 Å². The quantitative estimate of drug-likeness (QED) is 0.503. The maximum absolute atomic E-state index is 13.1. The molecule has 4 rings (SSSR count). The maximum Gasteiger partial charge on any atom is 0.416 e. The van der Waals surface area contributed by atoms with Crippen molar-refractivity contribution in [1.29, 1.82) is 0 Å². The number of nitrogens with zero attached hydrogens (tertiary/aromatic N) is 3. The van der Waals surface area contributed by atoms with Crippen molar-refractivity contribution < 1.29 is 22.7 Å². The smallest absolute Gasteiger partial charge is 0.416 e. The van der Waals surface area contributed by atoms with Crippen LogP contribution < -0.4 is 4.74 Å². The summed E-state index contributed by atoms with van der Waals surface area (Å²) in [5, 5.41) is 2.91. The number of halogens is 3. The summed E-state index contributed by atoms with van der Waals surface area (Å²) < 4.78 is 44.1. The van der Waals surface area contributed by atoms with E-state index in [4.69, 9.17) is 4.74 Å². The van der Waals surface area contributed by atoms with E-state index in [0.29, 0.717) is 50.6 Å². The van der Waals surface area contributed by atoms with Gasteiger partial charge >= 0.3 is 6.18 Å². The summed E-state index contributed by atoms with van der Waals surface area (Å²) in [6.07, 6.45) is -4.33. The van der Waals surface area contributed by atoms with Crippen LogP contribution in [-0.4, -0.2) is 46.9 Å². The second kappa shape index (κ2) is 9.93. The van der Waals surface area contributed by atoms with Crippen LogP contribution in [0.3, 0.4) is 0 Å². The first-order chi connectivity index (χ1) is 15.8. The van der Waals surface area contributed by atoms with Crippen molar-refractivity contribution in [3.8, 4) is 5.75 Å². The van der Waals surface area contributed by atoms with Gasteiger partial charge in [-0.2, -0.15) is 13.2 Å². The number of rotatable bonds is 6. The van der Waals surface area contributed by atoms with Crippen LogP contribution in [0.5, 0.6) is 5.75 Å². The molecule has 5 nitrogen and oxygen atoms in total. The van der Waals surface area contributed by atoms with Crippen molar-refractivity contribution >= 4 is 17.2 Å². The number of aromatic nitrogens is 1. The molecule has 1 saturated heterocycles. The SMILES string of the molecule is Cc1nc(COc2ccccc2C(=O)N2CCN(Cc3ccc(C(F)(F)F)cc3)CC2)cs1. The molecular weight excluding hydrogens is 451 g/mol. The van der Waals surface area contributed by atoms with Gasteiger partial charge in [-0.1, -0.05) is 24.3 Å². The van der Waals surface area contributed by atoms with E-state index in [2.05, 4.69) is 9.88 Å². The van der Waals surface area contributed by atoms with Crippen molar-refractivity contribution in [2.24, 2.45) is 0 Å². The first-order valence-corrected chi connectivity index (χ1v) is 11.5. The fourth-order valence-corrected chi connectivity index (χ4v) is 4.33. The highest BCUT2D eigenvalue weighted by Crippen LogP contribution is 2.29. The van der Waals surface area contributed by atoms with E-state index < -0.39 is 11.7 Å². The van der Waals surface area contributed by atoms with Gasteiger partial charge in [0.2, 0.25) is 0 Å². The number of aryl methyl sites for hydroxylation is 1. The highest BCUT2D eigenvalue weighted by Gasteiger charge is 2.30. The number of alkyl halides is 3. The Kier molecular flexibility index (Phi) is 6.99. The fraction of sp³-hybridized carbons (Fsp3) is 0.333. The lowest BCUT2D eigenvalue weighted by molar-refractivity contribution is -0.137. The Hall–Kier alpha value is -2.91. The molecule has 0 radical (unpaired) electrons. The van der Waals surface area contributed by atoms with Gasteiger partial charge in [-0.25, -0.2) is 4.98 Å². The average Bonchev–Trinajstić information content (AvgIpc) is 3.23. The Bertz CT molecular complexity index is 1090. The van der Waals surface area contributed by atoms with Crippen LogP contribution in [-0.2, 0) is 19.3 Å². The second-order valence-electron chi connectivity index (χ2n) is 7.91. The van der Waals surface area contributed by atoms with Crippen LogP contribution in [0.4, 0.5) is 13.2 Å². The van der Waals surface area contributed by atoms with Gasteiger partial charge in [0.1, 0.15) is 12.4 Å². The van der Waals surface area contributed by atoms with Crippen molar-refractivity contribution in [2.45, 2.75) is 26.3 Å². The van der Waals surface area contributed by atoms with E-state index >= 15 is 0 Å².